The Morgan fingerprint density at radius 3 is 2.93 bits per heavy atom. The lowest BCUT2D eigenvalue weighted by Gasteiger charge is -1.99. The van der Waals surface area contributed by atoms with Crippen molar-refractivity contribution in [3.8, 4) is 0 Å². The summed E-state index contributed by atoms with van der Waals surface area (Å²) in [7, 11) is 0. The Balaban J connectivity index is 2.32. The highest BCUT2D eigenvalue weighted by Gasteiger charge is 2.12. The van der Waals surface area contributed by atoms with Gasteiger partial charge in [0.25, 0.3) is 5.12 Å². The zero-order valence-corrected chi connectivity index (χ0v) is 8.50. The normalized spacial score (nSPS) is 9.79. The molecule has 0 atom stereocenters. The predicted octanol–water partition coefficient (Wildman–Crippen LogP) is 1.72. The predicted molar refractivity (Wildman–Crippen MR) is 52.1 cm³/mol. The van der Waals surface area contributed by atoms with Crippen LogP contribution in [0, 0.1) is 0 Å². The van der Waals surface area contributed by atoms with Crippen LogP contribution in [0.15, 0.2) is 22.8 Å². The average molecular weight is 214 g/mol. The van der Waals surface area contributed by atoms with Gasteiger partial charge in [0, 0.05) is 0 Å². The molecule has 0 saturated carbocycles. The van der Waals surface area contributed by atoms with E-state index in [1.54, 1.807) is 19.1 Å². The minimum atomic E-state index is -0.391. The van der Waals surface area contributed by atoms with Gasteiger partial charge in [0.15, 0.2) is 5.76 Å². The minimum absolute atomic E-state index is 0.0212. The van der Waals surface area contributed by atoms with E-state index in [9.17, 15) is 9.59 Å². The van der Waals surface area contributed by atoms with E-state index in [1.165, 1.54) is 6.26 Å². The summed E-state index contributed by atoms with van der Waals surface area (Å²) in [6.07, 6.45) is 1.41. The molecule has 0 unspecified atom stereocenters. The first-order valence-electron chi connectivity index (χ1n) is 4.10. The summed E-state index contributed by atoms with van der Waals surface area (Å²) in [4.78, 5) is 22.2. The maximum Gasteiger partial charge on any atom is 0.316 e. The van der Waals surface area contributed by atoms with Crippen molar-refractivity contribution in [2.45, 2.75) is 6.92 Å². The molecule has 0 amide bonds. The number of thioether (sulfide) groups is 1. The molecule has 76 valence electrons. The van der Waals surface area contributed by atoms with Crippen LogP contribution in [0.25, 0.3) is 0 Å². The Morgan fingerprint density at radius 1 is 1.57 bits per heavy atom. The van der Waals surface area contributed by atoms with E-state index in [-0.39, 0.29) is 16.6 Å². The minimum Gasteiger partial charge on any atom is -0.465 e. The highest BCUT2D eigenvalue weighted by atomic mass is 32.2. The van der Waals surface area contributed by atoms with Gasteiger partial charge in [-0.3, -0.25) is 9.59 Å². The molecule has 0 N–H and O–H groups in total. The molecule has 1 heterocycles. The largest absolute Gasteiger partial charge is 0.465 e. The topological polar surface area (TPSA) is 56.5 Å². The van der Waals surface area contributed by atoms with Crippen LogP contribution >= 0.6 is 11.8 Å². The monoisotopic (exact) mass is 214 g/mol. The molecule has 1 aromatic rings. The number of rotatable bonds is 4. The summed E-state index contributed by atoms with van der Waals surface area (Å²) in [5, 5.41) is -0.261. The van der Waals surface area contributed by atoms with Crippen LogP contribution in [0.5, 0.6) is 0 Å². The van der Waals surface area contributed by atoms with Crippen LogP contribution in [-0.2, 0) is 9.53 Å². The molecule has 0 fully saturated rings. The second-order valence-electron chi connectivity index (χ2n) is 2.36. The van der Waals surface area contributed by atoms with Crippen LogP contribution in [-0.4, -0.2) is 23.4 Å². The third-order valence-electron chi connectivity index (χ3n) is 1.35. The van der Waals surface area contributed by atoms with Crippen molar-refractivity contribution in [3.63, 3.8) is 0 Å². The number of hydrogen-bond acceptors (Lipinski definition) is 5. The van der Waals surface area contributed by atoms with E-state index in [1.807, 2.05) is 0 Å². The van der Waals surface area contributed by atoms with Gasteiger partial charge in [0.05, 0.1) is 18.6 Å². The van der Waals surface area contributed by atoms with Gasteiger partial charge >= 0.3 is 5.97 Å². The summed E-state index contributed by atoms with van der Waals surface area (Å²) in [5.74, 6) is -0.121. The molecule has 1 aromatic heterocycles. The third kappa shape index (κ3) is 3.26. The van der Waals surface area contributed by atoms with Crippen molar-refractivity contribution >= 4 is 22.8 Å². The number of carbonyl (C=O) groups is 2. The molecule has 0 saturated heterocycles. The highest BCUT2D eigenvalue weighted by molar-refractivity contribution is 8.14. The van der Waals surface area contributed by atoms with Gasteiger partial charge in [0.2, 0.25) is 0 Å². The fraction of sp³-hybridized carbons (Fsp3) is 0.333. The second kappa shape index (κ2) is 5.49. The fourth-order valence-electron chi connectivity index (χ4n) is 0.793. The van der Waals surface area contributed by atoms with E-state index in [2.05, 4.69) is 4.74 Å². The standard InChI is InChI=1S/C9H10O4S/c1-2-12-8(10)6-14-9(11)7-4-3-5-13-7/h3-5H,2,6H2,1H3. The quantitative estimate of drug-likeness (QED) is 0.714. The van der Waals surface area contributed by atoms with Gasteiger partial charge < -0.3 is 9.15 Å². The van der Waals surface area contributed by atoms with E-state index in [0.29, 0.717) is 6.61 Å². The van der Waals surface area contributed by atoms with E-state index >= 15 is 0 Å². The Labute approximate surface area is 85.6 Å². The van der Waals surface area contributed by atoms with Crippen molar-refractivity contribution in [1.82, 2.24) is 0 Å². The number of carbonyl (C=O) groups excluding carboxylic acids is 2. The molecule has 0 aliphatic rings. The molecular formula is C9H10O4S. The van der Waals surface area contributed by atoms with Gasteiger partial charge in [-0.05, 0) is 19.1 Å². The van der Waals surface area contributed by atoms with E-state index in [0.717, 1.165) is 11.8 Å². The molecule has 5 heteroatoms. The van der Waals surface area contributed by atoms with Gasteiger partial charge in [-0.15, -0.1) is 0 Å². The summed E-state index contributed by atoms with van der Waals surface area (Å²) in [6.45, 7) is 2.05. The smallest absolute Gasteiger partial charge is 0.316 e. The summed E-state index contributed by atoms with van der Waals surface area (Å²) < 4.78 is 9.53. The molecule has 4 nitrogen and oxygen atoms in total. The molecule has 0 radical (unpaired) electrons. The maximum atomic E-state index is 11.3. The van der Waals surface area contributed by atoms with Crippen LogP contribution in [0.4, 0.5) is 0 Å². The molecule has 0 aromatic carbocycles. The van der Waals surface area contributed by atoms with Crippen molar-refractivity contribution in [3.05, 3.63) is 24.2 Å². The first kappa shape index (κ1) is 10.8. The lowest BCUT2D eigenvalue weighted by atomic mass is 10.5. The van der Waals surface area contributed by atoms with Gasteiger partial charge in [-0.25, -0.2) is 0 Å². The van der Waals surface area contributed by atoms with Crippen molar-refractivity contribution < 1.29 is 18.7 Å². The van der Waals surface area contributed by atoms with Crippen LogP contribution < -0.4 is 0 Å². The number of hydrogen-bond donors (Lipinski definition) is 0. The first-order chi connectivity index (χ1) is 6.74. The third-order valence-corrected chi connectivity index (χ3v) is 2.19. The Hall–Kier alpha value is -1.23. The molecule has 1 rings (SSSR count). The molecular weight excluding hydrogens is 204 g/mol. The van der Waals surface area contributed by atoms with Gasteiger partial charge in [-0.2, -0.15) is 0 Å². The van der Waals surface area contributed by atoms with Gasteiger partial charge in [0.1, 0.15) is 0 Å². The molecule has 14 heavy (non-hydrogen) atoms. The first-order valence-corrected chi connectivity index (χ1v) is 5.09. The lowest BCUT2D eigenvalue weighted by Crippen LogP contribution is -2.08. The maximum absolute atomic E-state index is 11.3. The van der Waals surface area contributed by atoms with Crippen molar-refractivity contribution in [2.24, 2.45) is 0 Å². The SMILES string of the molecule is CCOC(=O)CSC(=O)c1ccco1. The Kier molecular flexibility index (Phi) is 4.25. The van der Waals surface area contributed by atoms with Crippen LogP contribution in [0.3, 0.4) is 0 Å². The van der Waals surface area contributed by atoms with E-state index in [4.69, 9.17) is 4.42 Å². The molecule has 0 spiro atoms. The van der Waals surface area contributed by atoms with E-state index < -0.39 is 5.97 Å². The Morgan fingerprint density at radius 2 is 2.36 bits per heavy atom. The Bertz CT molecular complexity index is 305. The summed E-state index contributed by atoms with van der Waals surface area (Å²) >= 11 is 0.875. The fourth-order valence-corrected chi connectivity index (χ4v) is 1.38. The lowest BCUT2D eigenvalue weighted by molar-refractivity contribution is -0.139. The zero-order valence-electron chi connectivity index (χ0n) is 7.69. The number of furan rings is 1. The summed E-state index contributed by atoms with van der Waals surface area (Å²) in [6, 6.07) is 3.18. The summed E-state index contributed by atoms with van der Waals surface area (Å²) in [5.41, 5.74) is 0. The van der Waals surface area contributed by atoms with Gasteiger partial charge in [-0.1, -0.05) is 11.8 Å². The molecule has 0 bridgehead atoms. The van der Waals surface area contributed by atoms with Crippen molar-refractivity contribution in [2.75, 3.05) is 12.4 Å². The van der Waals surface area contributed by atoms with Crippen LogP contribution in [0.1, 0.15) is 17.5 Å². The average Bonchev–Trinajstić information content (AvgIpc) is 2.67. The number of ether oxygens (including phenoxy) is 1. The highest BCUT2D eigenvalue weighted by Crippen LogP contribution is 2.12. The molecule has 0 aliphatic heterocycles. The van der Waals surface area contributed by atoms with Crippen molar-refractivity contribution in [1.29, 1.82) is 0 Å². The number of esters is 1. The molecule has 0 aliphatic carbocycles. The second-order valence-corrected chi connectivity index (χ2v) is 3.31. The zero-order chi connectivity index (χ0) is 10.4. The van der Waals surface area contributed by atoms with Crippen LogP contribution in [0.2, 0.25) is 0 Å².